The molecule has 0 aromatic rings. The first-order valence-corrected chi connectivity index (χ1v) is 11.5. The van der Waals surface area contributed by atoms with Crippen molar-refractivity contribution in [1.29, 1.82) is 0 Å². The van der Waals surface area contributed by atoms with Crippen molar-refractivity contribution in [1.82, 2.24) is 0 Å². The number of hydrogen-bond donors (Lipinski definition) is 0. The number of unbranched alkanes of at least 4 members (excludes halogenated alkanes) is 6. The van der Waals surface area contributed by atoms with Crippen molar-refractivity contribution in [3.05, 3.63) is 12.2 Å². The van der Waals surface area contributed by atoms with E-state index in [1.54, 1.807) is 0 Å². The summed E-state index contributed by atoms with van der Waals surface area (Å²) in [6.07, 6.45) is 11.0. The quantitative estimate of drug-likeness (QED) is 0.165. The Morgan fingerprint density at radius 2 is 1.47 bits per heavy atom. The van der Waals surface area contributed by atoms with Gasteiger partial charge in [-0.3, -0.25) is 4.79 Å². The topological polar surface area (TPSA) is 17.1 Å². The van der Waals surface area contributed by atoms with Gasteiger partial charge in [-0.2, -0.15) is 0 Å². The average molecular weight is 336 g/mol. The Labute approximate surface area is 124 Å². The predicted octanol–water partition coefficient (Wildman–Crippen LogP) is 5.69. The van der Waals surface area contributed by atoms with Gasteiger partial charge < -0.3 is 0 Å². The van der Waals surface area contributed by atoms with Crippen LogP contribution in [0.15, 0.2) is 12.2 Å². The summed E-state index contributed by atoms with van der Waals surface area (Å²) >= 11 is 22.5. The minimum absolute atomic E-state index is 0.402. The largest absolute Gasteiger partial charge is 0.341 e. The van der Waals surface area contributed by atoms with Crippen molar-refractivity contribution in [2.24, 2.45) is 0 Å². The van der Waals surface area contributed by atoms with Gasteiger partial charge >= 0.3 is 6.00 Å². The zero-order valence-corrected chi connectivity index (χ0v) is 13.8. The highest BCUT2D eigenvalue weighted by atomic mass is 35.8. The van der Waals surface area contributed by atoms with Crippen molar-refractivity contribution < 1.29 is 4.79 Å². The van der Waals surface area contributed by atoms with Gasteiger partial charge in [0.25, 0.3) is 0 Å². The second kappa shape index (κ2) is 10.7. The zero-order valence-electron chi connectivity index (χ0n) is 9.73. The van der Waals surface area contributed by atoms with E-state index in [0.717, 1.165) is 31.7 Å². The summed E-state index contributed by atoms with van der Waals surface area (Å²) in [5, 5.41) is -0.402. The smallest absolute Gasteiger partial charge is 0.276 e. The lowest BCUT2D eigenvalue weighted by molar-refractivity contribution is -0.107. The third-order valence-electron chi connectivity index (χ3n) is 2.33. The fraction of sp³-hybridized carbons (Fsp3) is 0.727. The van der Waals surface area contributed by atoms with Crippen LogP contribution in [0.5, 0.6) is 0 Å². The Bertz CT molecular complexity index is 238. The van der Waals surface area contributed by atoms with Gasteiger partial charge in [-0.15, -0.1) is 33.2 Å². The molecule has 0 atom stereocenters. The molecular weight excluding hydrogens is 318 g/mol. The maximum absolute atomic E-state index is 10.4. The molecule has 0 radical (unpaired) electrons. The normalized spacial score (nSPS) is 12.2. The Balaban J connectivity index is 3.17. The number of hydrogen-bond acceptors (Lipinski definition) is 1. The van der Waals surface area contributed by atoms with E-state index in [1.165, 1.54) is 25.3 Å². The Hall–Kier alpha value is 0.787. The van der Waals surface area contributed by atoms with E-state index in [-0.39, 0.29) is 0 Å². The second-order valence-electron chi connectivity index (χ2n) is 3.98. The molecular formula is C11H18Cl4OSi. The molecule has 100 valence electrons. The van der Waals surface area contributed by atoms with Crippen LogP contribution < -0.4 is 0 Å². The third-order valence-corrected chi connectivity index (χ3v) is 5.08. The van der Waals surface area contributed by atoms with E-state index < -0.39 is 11.2 Å². The molecule has 0 unspecified atom stereocenters. The first kappa shape index (κ1) is 17.8. The summed E-state index contributed by atoms with van der Waals surface area (Å²) in [7, 11) is 0. The molecule has 6 heteroatoms. The van der Waals surface area contributed by atoms with Crippen LogP contribution in [0.1, 0.15) is 44.9 Å². The van der Waals surface area contributed by atoms with Gasteiger partial charge in [0, 0.05) is 0 Å². The first-order valence-electron chi connectivity index (χ1n) is 5.84. The van der Waals surface area contributed by atoms with Crippen LogP contribution in [0.2, 0.25) is 6.04 Å². The predicted molar refractivity (Wildman–Crippen MR) is 80.4 cm³/mol. The molecule has 1 nitrogen and oxygen atoms in total. The van der Waals surface area contributed by atoms with Gasteiger partial charge in [0.15, 0.2) is 0 Å². The Kier molecular flexibility index (Phi) is 11.2. The van der Waals surface area contributed by atoms with Crippen LogP contribution in [0.3, 0.4) is 0 Å². The molecule has 0 heterocycles. The number of carbonyl (C=O) groups excluding carboxylic acids is 1. The molecule has 0 aliphatic heterocycles. The molecule has 0 rings (SSSR count). The van der Waals surface area contributed by atoms with E-state index in [9.17, 15) is 4.79 Å². The highest BCUT2D eigenvalue weighted by molar-refractivity contribution is 7.64. The molecule has 0 bridgehead atoms. The first-order chi connectivity index (χ1) is 7.92. The molecule has 17 heavy (non-hydrogen) atoms. The highest BCUT2D eigenvalue weighted by Crippen LogP contribution is 2.27. The van der Waals surface area contributed by atoms with Gasteiger partial charge in [0.2, 0.25) is 5.24 Å². The minimum atomic E-state index is -2.39. The lowest BCUT2D eigenvalue weighted by atomic mass is 10.1. The zero-order chi connectivity index (χ0) is 13.1. The average Bonchev–Trinajstić information content (AvgIpc) is 2.18. The van der Waals surface area contributed by atoms with Crippen molar-refractivity contribution in [2.75, 3.05) is 0 Å². The molecule has 0 aromatic carbocycles. The standard InChI is InChI=1S/C11H18Cl4OSi/c12-11(16)9-7-5-3-1-2-4-6-8-10-17(13,14)15/h7,9H,1-6,8,10H2. The SMILES string of the molecule is O=C(Cl)C=CCCCCCCCC[Si](Cl)(Cl)Cl. The molecule has 0 amide bonds. The molecule has 0 N–H and O–H groups in total. The van der Waals surface area contributed by atoms with Crippen LogP contribution in [0.25, 0.3) is 0 Å². The maximum Gasteiger partial charge on any atom is 0.341 e. The van der Waals surface area contributed by atoms with Gasteiger partial charge in [0.1, 0.15) is 0 Å². The second-order valence-corrected chi connectivity index (χ2v) is 13.6. The van der Waals surface area contributed by atoms with Crippen LogP contribution in [0.4, 0.5) is 0 Å². The summed E-state index contributed by atoms with van der Waals surface area (Å²) in [4.78, 5) is 10.4. The minimum Gasteiger partial charge on any atom is -0.276 e. The van der Waals surface area contributed by atoms with Gasteiger partial charge in [0.05, 0.1) is 0 Å². The lowest BCUT2D eigenvalue weighted by Crippen LogP contribution is -2.07. The van der Waals surface area contributed by atoms with Crippen molar-refractivity contribution in [2.45, 2.75) is 51.0 Å². The van der Waals surface area contributed by atoms with E-state index in [4.69, 9.17) is 44.8 Å². The maximum atomic E-state index is 10.4. The van der Waals surface area contributed by atoms with Crippen molar-refractivity contribution in [3.63, 3.8) is 0 Å². The van der Waals surface area contributed by atoms with Crippen LogP contribution in [0, 0.1) is 0 Å². The number of carbonyl (C=O) groups is 1. The number of allylic oxidation sites excluding steroid dienone is 2. The van der Waals surface area contributed by atoms with Crippen LogP contribution in [-0.4, -0.2) is 11.2 Å². The van der Waals surface area contributed by atoms with Crippen molar-refractivity contribution in [3.8, 4) is 0 Å². The van der Waals surface area contributed by atoms with E-state index in [2.05, 4.69) is 0 Å². The summed E-state index contributed by atoms with van der Waals surface area (Å²) in [5.74, 6) is 0. The third kappa shape index (κ3) is 16.8. The number of halogens is 4. The summed E-state index contributed by atoms with van der Waals surface area (Å²) < 4.78 is 0. The van der Waals surface area contributed by atoms with E-state index in [1.807, 2.05) is 6.08 Å². The van der Waals surface area contributed by atoms with Gasteiger partial charge in [-0.25, -0.2) is 0 Å². The van der Waals surface area contributed by atoms with E-state index >= 15 is 0 Å². The molecule has 0 spiro atoms. The molecule has 0 aliphatic rings. The Morgan fingerprint density at radius 3 is 2.00 bits per heavy atom. The van der Waals surface area contributed by atoms with E-state index in [0.29, 0.717) is 0 Å². The van der Waals surface area contributed by atoms with Gasteiger partial charge in [-0.1, -0.05) is 38.2 Å². The molecule has 0 aromatic heterocycles. The summed E-state index contributed by atoms with van der Waals surface area (Å²) in [6, 6.07) is -1.63. The number of rotatable bonds is 10. The molecule has 0 aliphatic carbocycles. The Morgan fingerprint density at radius 1 is 0.941 bits per heavy atom. The molecule has 0 saturated carbocycles. The highest BCUT2D eigenvalue weighted by Gasteiger charge is 2.23. The summed E-state index contributed by atoms with van der Waals surface area (Å²) in [5.41, 5.74) is 0. The molecule has 0 saturated heterocycles. The fourth-order valence-electron chi connectivity index (χ4n) is 1.47. The van der Waals surface area contributed by atoms with Gasteiger partial charge in [-0.05, 0) is 36.6 Å². The monoisotopic (exact) mass is 334 g/mol. The van der Waals surface area contributed by atoms with Crippen LogP contribution in [-0.2, 0) is 4.79 Å². The van der Waals surface area contributed by atoms with Crippen molar-refractivity contribution >= 4 is 56.1 Å². The lowest BCUT2D eigenvalue weighted by Gasteiger charge is -2.06. The fourth-order valence-corrected chi connectivity index (χ4v) is 3.41. The van der Waals surface area contributed by atoms with Crippen LogP contribution >= 0.6 is 44.8 Å². The summed E-state index contributed by atoms with van der Waals surface area (Å²) in [6.45, 7) is 0. The molecule has 0 fully saturated rings.